The van der Waals surface area contributed by atoms with E-state index in [1.54, 1.807) is 18.3 Å². The lowest BCUT2D eigenvalue weighted by Gasteiger charge is -2.15. The molecule has 1 amide bonds. The lowest BCUT2D eigenvalue weighted by molar-refractivity contribution is -0.115. The average Bonchev–Trinajstić information content (AvgIpc) is 2.92. The van der Waals surface area contributed by atoms with Gasteiger partial charge in [0.15, 0.2) is 0 Å². The van der Waals surface area contributed by atoms with Crippen LogP contribution in [0.1, 0.15) is 5.69 Å². The second-order valence-electron chi connectivity index (χ2n) is 8.28. The van der Waals surface area contributed by atoms with E-state index in [0.29, 0.717) is 11.4 Å². The van der Waals surface area contributed by atoms with Gasteiger partial charge >= 0.3 is 0 Å². The van der Waals surface area contributed by atoms with E-state index in [9.17, 15) is 9.00 Å². The number of rotatable bonds is 8. The monoisotopic (exact) mass is 492 g/mol. The van der Waals surface area contributed by atoms with E-state index >= 15 is 0 Å². The van der Waals surface area contributed by atoms with Crippen molar-refractivity contribution in [2.24, 2.45) is 5.73 Å². The van der Waals surface area contributed by atoms with Gasteiger partial charge in [0.2, 0.25) is 5.91 Å². The summed E-state index contributed by atoms with van der Waals surface area (Å²) < 4.78 is 12.5. The van der Waals surface area contributed by atoms with Crippen LogP contribution in [0.5, 0.6) is 0 Å². The van der Waals surface area contributed by atoms with Crippen molar-refractivity contribution in [3.8, 4) is 22.4 Å². The van der Waals surface area contributed by atoms with Gasteiger partial charge in [0.25, 0.3) is 0 Å². The molecular weight excluding hydrogens is 468 g/mol. The van der Waals surface area contributed by atoms with Gasteiger partial charge in [0.1, 0.15) is 11.6 Å². The summed E-state index contributed by atoms with van der Waals surface area (Å²) in [6.45, 7) is 0.512. The topological polar surface area (TPSA) is 98.0 Å². The fraction of sp³-hybridized carbons (Fsp3) is 0.0690. The summed E-state index contributed by atoms with van der Waals surface area (Å²) in [5.41, 5.74) is 9.86. The predicted molar refractivity (Wildman–Crippen MR) is 145 cm³/mol. The Morgan fingerprint density at radius 1 is 0.861 bits per heavy atom. The molecule has 0 fully saturated rings. The minimum absolute atomic E-state index is 0.216. The van der Waals surface area contributed by atoms with E-state index in [2.05, 4.69) is 34.6 Å². The molecule has 178 valence electrons. The number of nitrogens with zero attached hydrogens (tertiary/aromatic N) is 2. The van der Waals surface area contributed by atoms with Crippen LogP contribution in [0.2, 0.25) is 0 Å². The summed E-state index contributed by atoms with van der Waals surface area (Å²) >= 11 is 0. The highest BCUT2D eigenvalue weighted by atomic mass is 32.2. The van der Waals surface area contributed by atoms with Crippen molar-refractivity contribution < 1.29 is 9.00 Å². The Morgan fingerprint density at radius 2 is 1.64 bits per heavy atom. The van der Waals surface area contributed by atoms with Crippen LogP contribution in [0.25, 0.3) is 33.2 Å². The zero-order chi connectivity index (χ0) is 24.9. The van der Waals surface area contributed by atoms with Crippen molar-refractivity contribution in [3.05, 3.63) is 109 Å². The first kappa shape index (κ1) is 23.4. The maximum atomic E-state index is 12.5. The number of pyridine rings is 2. The van der Waals surface area contributed by atoms with Crippen LogP contribution in [-0.4, -0.2) is 25.8 Å². The molecule has 0 aliphatic heterocycles. The summed E-state index contributed by atoms with van der Waals surface area (Å²) in [7, 11) is -1.51. The fourth-order valence-corrected chi connectivity index (χ4v) is 5.05. The number of fused-ring (bicyclic) bond motifs is 1. The van der Waals surface area contributed by atoms with Crippen molar-refractivity contribution in [3.63, 3.8) is 0 Å². The minimum atomic E-state index is -1.51. The SMILES string of the molecule is NC(=O)CS(=O)c1cccc(-c2cc3cccc(-c4ccccc4)c3c(NCc3ccccn3)n2)c1. The minimum Gasteiger partial charge on any atom is -0.369 e. The number of nitrogens with one attached hydrogen (secondary N) is 1. The van der Waals surface area contributed by atoms with Gasteiger partial charge in [0.05, 0.1) is 28.7 Å². The first-order chi connectivity index (χ1) is 17.6. The fourth-order valence-electron chi connectivity index (χ4n) is 4.13. The molecule has 2 aromatic heterocycles. The van der Waals surface area contributed by atoms with E-state index in [4.69, 9.17) is 10.7 Å². The molecule has 2 heterocycles. The standard InChI is InChI=1S/C29H24N4O2S/c30-27(34)19-36(35)24-13-6-10-21(16-24)26-17-22-11-7-14-25(20-8-2-1-3-9-20)28(22)29(33-26)32-18-23-12-4-5-15-31-23/h1-17H,18-19H2,(H2,30,34)(H,32,33). The number of carbonyl (C=O) groups excluding carboxylic acids is 1. The van der Waals surface area contributed by atoms with Crippen molar-refractivity contribution >= 4 is 33.3 Å². The number of benzene rings is 3. The number of amides is 1. The van der Waals surface area contributed by atoms with E-state index in [1.807, 2.05) is 60.7 Å². The molecule has 0 saturated heterocycles. The van der Waals surface area contributed by atoms with Crippen molar-refractivity contribution in [2.75, 3.05) is 11.1 Å². The molecule has 3 N–H and O–H groups in total. The zero-order valence-corrected chi connectivity index (χ0v) is 20.2. The number of aromatic nitrogens is 2. The van der Waals surface area contributed by atoms with Crippen molar-refractivity contribution in [2.45, 2.75) is 11.4 Å². The Labute approximate surface area is 211 Å². The third-order valence-corrected chi connectivity index (χ3v) is 7.10. The van der Waals surface area contributed by atoms with Crippen molar-refractivity contribution in [1.29, 1.82) is 0 Å². The molecule has 0 aliphatic carbocycles. The maximum absolute atomic E-state index is 12.5. The molecule has 0 bridgehead atoms. The van der Waals surface area contributed by atoms with Gasteiger partial charge in [-0.2, -0.15) is 0 Å². The van der Waals surface area contributed by atoms with Gasteiger partial charge in [-0.25, -0.2) is 4.98 Å². The molecule has 0 saturated carbocycles. The third-order valence-electron chi connectivity index (χ3n) is 5.77. The summed E-state index contributed by atoms with van der Waals surface area (Å²) in [6, 6.07) is 31.5. The van der Waals surface area contributed by atoms with Crippen LogP contribution in [0.4, 0.5) is 5.82 Å². The van der Waals surface area contributed by atoms with Gasteiger partial charge in [0, 0.05) is 22.0 Å². The first-order valence-corrected chi connectivity index (χ1v) is 12.8. The van der Waals surface area contributed by atoms with Gasteiger partial charge in [-0.15, -0.1) is 0 Å². The van der Waals surface area contributed by atoms with Gasteiger partial charge < -0.3 is 11.1 Å². The van der Waals surface area contributed by atoms with Crippen LogP contribution in [-0.2, 0) is 22.1 Å². The Balaban J connectivity index is 1.63. The van der Waals surface area contributed by atoms with Crippen molar-refractivity contribution in [1.82, 2.24) is 9.97 Å². The number of anilines is 1. The quantitative estimate of drug-likeness (QED) is 0.311. The van der Waals surface area contributed by atoms with Crippen LogP contribution in [0.15, 0.2) is 108 Å². The van der Waals surface area contributed by atoms with Gasteiger partial charge in [-0.05, 0) is 46.8 Å². The lowest BCUT2D eigenvalue weighted by Crippen LogP contribution is -2.19. The van der Waals surface area contributed by atoms with Crippen LogP contribution < -0.4 is 11.1 Å². The molecule has 6 nitrogen and oxygen atoms in total. The summed E-state index contributed by atoms with van der Waals surface area (Å²) in [5, 5.41) is 5.53. The maximum Gasteiger partial charge on any atom is 0.230 e. The van der Waals surface area contributed by atoms with Gasteiger partial charge in [-0.3, -0.25) is 14.0 Å². The van der Waals surface area contributed by atoms with Crippen LogP contribution in [0.3, 0.4) is 0 Å². The molecule has 0 radical (unpaired) electrons. The molecule has 0 aliphatic rings. The van der Waals surface area contributed by atoms with Crippen LogP contribution in [0, 0.1) is 0 Å². The third kappa shape index (κ3) is 5.16. The second kappa shape index (κ2) is 10.5. The Bertz CT molecular complexity index is 1560. The molecule has 36 heavy (non-hydrogen) atoms. The molecule has 3 aromatic carbocycles. The molecule has 1 unspecified atom stereocenters. The summed E-state index contributed by atoms with van der Waals surface area (Å²) in [5.74, 6) is -0.0837. The number of primary amides is 1. The molecular formula is C29H24N4O2S. The number of hydrogen-bond donors (Lipinski definition) is 2. The second-order valence-corrected chi connectivity index (χ2v) is 9.74. The average molecular weight is 493 g/mol. The highest BCUT2D eigenvalue weighted by Gasteiger charge is 2.15. The van der Waals surface area contributed by atoms with E-state index in [0.717, 1.165) is 44.7 Å². The normalized spacial score (nSPS) is 11.8. The van der Waals surface area contributed by atoms with Gasteiger partial charge in [-0.1, -0.05) is 66.7 Å². The number of carbonyl (C=O) groups is 1. The van der Waals surface area contributed by atoms with E-state index < -0.39 is 16.7 Å². The Morgan fingerprint density at radius 3 is 2.42 bits per heavy atom. The highest BCUT2D eigenvalue weighted by molar-refractivity contribution is 7.85. The Hall–Kier alpha value is -4.36. The van der Waals surface area contributed by atoms with E-state index in [1.165, 1.54) is 0 Å². The summed E-state index contributed by atoms with van der Waals surface area (Å²) in [6.07, 6.45) is 1.77. The summed E-state index contributed by atoms with van der Waals surface area (Å²) in [4.78, 5) is 21.2. The predicted octanol–water partition coefficient (Wildman–Crippen LogP) is 5.17. The molecule has 0 spiro atoms. The molecule has 5 aromatic rings. The first-order valence-electron chi connectivity index (χ1n) is 11.5. The zero-order valence-electron chi connectivity index (χ0n) is 19.4. The molecule has 5 rings (SSSR count). The largest absolute Gasteiger partial charge is 0.369 e. The Kier molecular flexibility index (Phi) is 6.82. The smallest absolute Gasteiger partial charge is 0.230 e. The molecule has 7 heteroatoms. The van der Waals surface area contributed by atoms with E-state index in [-0.39, 0.29) is 5.75 Å². The number of nitrogens with two attached hydrogens (primary N) is 1. The highest BCUT2D eigenvalue weighted by Crippen LogP contribution is 2.36. The number of hydrogen-bond acceptors (Lipinski definition) is 5. The molecule has 1 atom stereocenters. The van der Waals surface area contributed by atoms with Crippen LogP contribution >= 0.6 is 0 Å². The lowest BCUT2D eigenvalue weighted by atomic mass is 9.97.